The van der Waals surface area contributed by atoms with E-state index in [0.717, 1.165) is 12.1 Å². The van der Waals surface area contributed by atoms with E-state index in [1.54, 1.807) is 27.7 Å². The molecule has 11 nitrogen and oxygen atoms in total. The minimum atomic E-state index is -1.70. The molecule has 2 aromatic carbocycles. The van der Waals surface area contributed by atoms with Crippen molar-refractivity contribution in [2.45, 2.75) is 78.1 Å². The highest BCUT2D eigenvalue weighted by Crippen LogP contribution is 2.40. The summed E-state index contributed by atoms with van der Waals surface area (Å²) in [5, 5.41) is 38.5. The van der Waals surface area contributed by atoms with Gasteiger partial charge < -0.3 is 10.2 Å². The van der Waals surface area contributed by atoms with Crippen LogP contribution in [0.2, 0.25) is 0 Å². The fraction of sp³-hybridized carbons (Fsp3) is 0.414. The largest absolute Gasteiger partial charge is 0.478 e. The van der Waals surface area contributed by atoms with Gasteiger partial charge in [0.05, 0.1) is 22.3 Å². The fourth-order valence-corrected chi connectivity index (χ4v) is 5.33. The predicted molar refractivity (Wildman–Crippen MR) is 142 cm³/mol. The maximum atomic E-state index is 14.6. The van der Waals surface area contributed by atoms with Crippen molar-refractivity contribution in [1.29, 1.82) is 0 Å². The maximum Gasteiger partial charge on any atom is 0.373 e. The molecule has 2 aromatic rings. The van der Waals surface area contributed by atoms with E-state index in [9.17, 15) is 34.2 Å². The van der Waals surface area contributed by atoms with Crippen molar-refractivity contribution < 1.29 is 54.5 Å². The van der Waals surface area contributed by atoms with Crippen molar-refractivity contribution in [1.82, 2.24) is 0 Å². The Morgan fingerprint density at radius 3 is 1.20 bits per heavy atom. The Labute approximate surface area is 231 Å². The van der Waals surface area contributed by atoms with E-state index in [-0.39, 0.29) is 11.1 Å². The van der Waals surface area contributed by atoms with Gasteiger partial charge in [0.2, 0.25) is 0 Å². The maximum absolute atomic E-state index is 14.6. The Balaban J connectivity index is 3.27. The number of hydrogen-bond donors (Lipinski definition) is 4. The first-order chi connectivity index (χ1) is 18.6. The second-order valence-electron chi connectivity index (χ2n) is 10.8. The second kappa shape index (κ2) is 12.4. The van der Waals surface area contributed by atoms with Gasteiger partial charge in [0, 0.05) is 11.1 Å². The molecule has 0 unspecified atom stereocenters. The summed E-state index contributed by atoms with van der Waals surface area (Å²) < 4.78 is 0. The van der Waals surface area contributed by atoms with Crippen LogP contribution in [-0.4, -0.2) is 50.4 Å². The van der Waals surface area contributed by atoms with Crippen LogP contribution in [0.15, 0.2) is 24.3 Å². The van der Waals surface area contributed by atoms with E-state index >= 15 is 0 Å². The summed E-state index contributed by atoms with van der Waals surface area (Å²) in [5.74, 6) is -7.35. The number of carboxylic acids is 2. The van der Waals surface area contributed by atoms with E-state index in [1.165, 1.54) is 12.1 Å². The van der Waals surface area contributed by atoms with Gasteiger partial charge in [-0.1, -0.05) is 66.5 Å². The van der Waals surface area contributed by atoms with Crippen molar-refractivity contribution in [3.8, 4) is 0 Å². The van der Waals surface area contributed by atoms with Crippen LogP contribution in [-0.2, 0) is 20.6 Å². The van der Waals surface area contributed by atoms with Gasteiger partial charge in [-0.05, 0) is 46.9 Å². The predicted octanol–water partition coefficient (Wildman–Crippen LogP) is 5.73. The first kappa shape index (κ1) is 32.1. The van der Waals surface area contributed by atoms with Gasteiger partial charge in [-0.15, -0.1) is 0 Å². The zero-order valence-corrected chi connectivity index (χ0v) is 23.3. The van der Waals surface area contributed by atoms with Crippen LogP contribution in [0.4, 0.5) is 0 Å². The highest BCUT2D eigenvalue weighted by molar-refractivity contribution is 6.23. The van der Waals surface area contributed by atoms with Crippen LogP contribution >= 0.6 is 0 Å². The fourth-order valence-electron chi connectivity index (χ4n) is 5.33. The van der Waals surface area contributed by atoms with Gasteiger partial charge in [-0.3, -0.25) is 14.6 Å². The normalized spacial score (nSPS) is 11.6. The van der Waals surface area contributed by atoms with Gasteiger partial charge in [0.15, 0.2) is 5.78 Å². The summed E-state index contributed by atoms with van der Waals surface area (Å²) in [7, 11) is 0. The molecule has 4 N–H and O–H groups in total. The summed E-state index contributed by atoms with van der Waals surface area (Å²) in [6.45, 7) is 10.8. The van der Waals surface area contributed by atoms with Crippen molar-refractivity contribution in [2.75, 3.05) is 0 Å². The Morgan fingerprint density at radius 2 is 0.950 bits per heavy atom. The highest BCUT2D eigenvalue weighted by atomic mass is 17.1. The lowest BCUT2D eigenvalue weighted by atomic mass is 9.71. The van der Waals surface area contributed by atoms with Gasteiger partial charge in [0.25, 0.3) is 0 Å². The second-order valence-corrected chi connectivity index (χ2v) is 10.8. The zero-order chi connectivity index (χ0) is 30.6. The monoisotopic (exact) mass is 558 g/mol. The number of ketones is 1. The molecule has 0 saturated carbocycles. The zero-order valence-electron chi connectivity index (χ0n) is 23.3. The van der Waals surface area contributed by atoms with E-state index < -0.39 is 73.9 Å². The van der Waals surface area contributed by atoms with E-state index in [4.69, 9.17) is 10.5 Å². The molecule has 0 aliphatic carbocycles. The molecule has 0 heterocycles. The van der Waals surface area contributed by atoms with Crippen molar-refractivity contribution >= 4 is 29.7 Å². The van der Waals surface area contributed by atoms with Crippen molar-refractivity contribution in [3.05, 3.63) is 68.8 Å². The Bertz CT molecular complexity index is 1250. The molecule has 0 aliphatic heterocycles. The smallest absolute Gasteiger partial charge is 0.373 e. The lowest BCUT2D eigenvalue weighted by Gasteiger charge is -2.31. The van der Waals surface area contributed by atoms with Gasteiger partial charge in [0.1, 0.15) is 0 Å². The summed E-state index contributed by atoms with van der Waals surface area (Å²) in [4.78, 5) is 72.1. The minimum Gasteiger partial charge on any atom is -0.478 e. The van der Waals surface area contributed by atoms with Crippen LogP contribution in [0.3, 0.4) is 0 Å². The van der Waals surface area contributed by atoms with Gasteiger partial charge >= 0.3 is 23.9 Å². The molecule has 216 valence electrons. The summed E-state index contributed by atoms with van der Waals surface area (Å²) in [6.07, 6.45) is 2.23. The number of carbonyl (C=O) groups excluding carboxylic acids is 3. The van der Waals surface area contributed by atoms with Gasteiger partial charge in [-0.2, -0.15) is 10.5 Å². The van der Waals surface area contributed by atoms with E-state index in [1.807, 2.05) is 13.8 Å². The molecule has 0 saturated heterocycles. The highest BCUT2D eigenvalue weighted by Gasteiger charge is 2.39. The number of hydrogen-bond acceptors (Lipinski definition) is 9. The molecule has 0 fully saturated rings. The standard InChI is InChI=1S/C29H34O11/c1-7-13-28(3,4)17-11-9-15(26(35)39-37)19(24(31)32)21(17)23(30)22-18(29(5,6)14-8-2)12-10-16(27(36)40-38)20(22)25(33)34/h9-12,37-38H,7-8,13-14H2,1-6H3,(H,31,32)(H,33,34). The van der Waals surface area contributed by atoms with Crippen LogP contribution in [0, 0.1) is 0 Å². The number of carboxylic acid groups (broad SMARTS) is 2. The molecule has 0 spiro atoms. The average Bonchev–Trinajstić information content (AvgIpc) is 2.89. The summed E-state index contributed by atoms with van der Waals surface area (Å²) in [5.41, 5.74) is -5.09. The molecule has 11 heteroatoms. The molecule has 0 atom stereocenters. The molecule has 0 amide bonds. The number of benzene rings is 2. The molecular formula is C29H34O11. The van der Waals surface area contributed by atoms with Crippen molar-refractivity contribution in [3.63, 3.8) is 0 Å². The van der Waals surface area contributed by atoms with E-state index in [2.05, 4.69) is 9.78 Å². The number of carbonyl (C=O) groups is 5. The molecular weight excluding hydrogens is 524 g/mol. The molecule has 0 aliphatic rings. The number of rotatable bonds is 12. The SMILES string of the molecule is CCCC(C)(C)c1ccc(C(=O)OO)c(C(=O)O)c1C(=O)c1c(C(C)(C)CCC)ccc(C(=O)OO)c1C(=O)O. The lowest BCUT2D eigenvalue weighted by molar-refractivity contribution is -0.182. The third-order valence-corrected chi connectivity index (χ3v) is 7.11. The Kier molecular flexibility index (Phi) is 9.95. The van der Waals surface area contributed by atoms with Crippen LogP contribution in [0.5, 0.6) is 0 Å². The Hall–Kier alpha value is -4.09. The van der Waals surface area contributed by atoms with E-state index in [0.29, 0.717) is 25.7 Å². The topological polar surface area (TPSA) is 185 Å². The lowest BCUT2D eigenvalue weighted by Crippen LogP contribution is -2.30. The van der Waals surface area contributed by atoms with Crippen molar-refractivity contribution in [2.24, 2.45) is 0 Å². The number of aromatic carboxylic acids is 2. The van der Waals surface area contributed by atoms with Crippen LogP contribution in [0.25, 0.3) is 0 Å². The first-order valence-electron chi connectivity index (χ1n) is 12.7. The van der Waals surface area contributed by atoms with Crippen LogP contribution in [0.1, 0.15) is 136 Å². The minimum absolute atomic E-state index is 0.206. The molecule has 40 heavy (non-hydrogen) atoms. The quantitative estimate of drug-likeness (QED) is 0.142. The van der Waals surface area contributed by atoms with Gasteiger partial charge in [-0.25, -0.2) is 19.2 Å². The molecule has 0 bridgehead atoms. The molecule has 0 aromatic heterocycles. The first-order valence-corrected chi connectivity index (χ1v) is 12.7. The van der Waals surface area contributed by atoms with Crippen LogP contribution < -0.4 is 0 Å². The third-order valence-electron chi connectivity index (χ3n) is 7.11. The summed E-state index contributed by atoms with van der Waals surface area (Å²) >= 11 is 0. The molecule has 2 rings (SSSR count). The average molecular weight is 559 g/mol. The third kappa shape index (κ3) is 6.05. The Morgan fingerprint density at radius 1 is 0.625 bits per heavy atom. The summed E-state index contributed by atoms with van der Waals surface area (Å²) in [6, 6.07) is 4.96. The molecule has 0 radical (unpaired) electrons.